The van der Waals surface area contributed by atoms with Crippen molar-refractivity contribution in [1.29, 1.82) is 0 Å². The summed E-state index contributed by atoms with van der Waals surface area (Å²) in [4.78, 5) is 11.1. The highest BCUT2D eigenvalue weighted by atomic mass is 32.2. The van der Waals surface area contributed by atoms with Gasteiger partial charge in [-0.25, -0.2) is 8.42 Å². The Morgan fingerprint density at radius 3 is 2.43 bits per heavy atom. The van der Waals surface area contributed by atoms with Gasteiger partial charge in [0.25, 0.3) is 10.0 Å². The molecule has 0 fully saturated rings. The van der Waals surface area contributed by atoms with Gasteiger partial charge in [-0.3, -0.25) is 9.52 Å². The van der Waals surface area contributed by atoms with Crippen molar-refractivity contribution in [3.05, 3.63) is 48.0 Å². The van der Waals surface area contributed by atoms with Gasteiger partial charge in [0.05, 0.1) is 12.8 Å². The van der Waals surface area contributed by atoms with Crippen molar-refractivity contribution in [2.24, 2.45) is 0 Å². The van der Waals surface area contributed by atoms with Gasteiger partial charge in [-0.2, -0.15) is 0 Å². The second kappa shape index (κ2) is 6.70. The van der Waals surface area contributed by atoms with Gasteiger partial charge in [0.2, 0.25) is 5.91 Å². The van der Waals surface area contributed by atoms with Gasteiger partial charge in [-0.1, -0.05) is 12.1 Å². The van der Waals surface area contributed by atoms with E-state index in [4.69, 9.17) is 4.74 Å². The van der Waals surface area contributed by atoms with Crippen LogP contribution < -0.4 is 14.8 Å². The normalized spacial score (nSPS) is 10.9. The highest BCUT2D eigenvalue weighted by Gasteiger charge is 2.20. The number of carbonyl (C=O) groups excluding carboxylic acids is 1. The summed E-state index contributed by atoms with van der Waals surface area (Å²) in [7, 11) is -2.39. The number of sulfonamides is 1. The van der Waals surface area contributed by atoms with Crippen LogP contribution in [0.5, 0.6) is 5.75 Å². The molecule has 6 nitrogen and oxygen atoms in total. The minimum Gasteiger partial charge on any atom is -0.495 e. The fourth-order valence-electron chi connectivity index (χ4n) is 2.07. The Balaban J connectivity index is 2.35. The molecule has 2 N–H and O–H groups in total. The van der Waals surface area contributed by atoms with Crippen LogP contribution in [-0.4, -0.2) is 21.4 Å². The number of methoxy groups -OCH3 is 1. The molecule has 2 aromatic carbocycles. The van der Waals surface area contributed by atoms with Crippen molar-refractivity contribution in [3.8, 4) is 5.75 Å². The number of nitrogens with one attached hydrogen (secondary N) is 2. The smallest absolute Gasteiger partial charge is 0.265 e. The quantitative estimate of drug-likeness (QED) is 0.880. The molecule has 0 atom stereocenters. The summed E-state index contributed by atoms with van der Waals surface area (Å²) in [5, 5.41) is 2.60. The second-order valence-corrected chi connectivity index (χ2v) is 6.67. The third kappa shape index (κ3) is 4.23. The van der Waals surface area contributed by atoms with Gasteiger partial charge >= 0.3 is 0 Å². The Labute approximate surface area is 135 Å². The fourth-order valence-corrected chi connectivity index (χ4v) is 3.37. The first kappa shape index (κ1) is 16.8. The molecular formula is C16H18N2O4S. The van der Waals surface area contributed by atoms with Gasteiger partial charge < -0.3 is 10.1 Å². The van der Waals surface area contributed by atoms with E-state index in [0.29, 0.717) is 11.4 Å². The maximum absolute atomic E-state index is 12.6. The number of rotatable bonds is 5. The monoisotopic (exact) mass is 334 g/mol. The van der Waals surface area contributed by atoms with Gasteiger partial charge in [-0.15, -0.1) is 0 Å². The molecular weight excluding hydrogens is 316 g/mol. The Bertz CT molecular complexity index is 832. The number of aryl methyl sites for hydroxylation is 1. The summed E-state index contributed by atoms with van der Waals surface area (Å²) in [6.45, 7) is 3.18. The van der Waals surface area contributed by atoms with Crippen molar-refractivity contribution in [2.45, 2.75) is 18.7 Å². The molecule has 0 saturated carbocycles. The molecule has 0 aliphatic rings. The third-order valence-corrected chi connectivity index (χ3v) is 4.45. The predicted octanol–water partition coefficient (Wildman–Crippen LogP) is 2.76. The van der Waals surface area contributed by atoms with Crippen molar-refractivity contribution in [3.63, 3.8) is 0 Å². The molecule has 0 unspecified atom stereocenters. The molecule has 122 valence electrons. The first-order valence-corrected chi connectivity index (χ1v) is 8.35. The summed E-state index contributed by atoms with van der Waals surface area (Å²) in [5.74, 6) is 0.0338. The lowest BCUT2D eigenvalue weighted by atomic mass is 10.2. The molecule has 1 amide bonds. The molecule has 7 heteroatoms. The SMILES string of the molecule is COc1ccc(C)cc1S(=O)(=O)Nc1cccc(NC(C)=O)c1. The highest BCUT2D eigenvalue weighted by Crippen LogP contribution is 2.27. The number of anilines is 2. The van der Waals surface area contributed by atoms with Crippen molar-refractivity contribution >= 4 is 27.3 Å². The van der Waals surface area contributed by atoms with Crippen LogP contribution in [0.4, 0.5) is 11.4 Å². The lowest BCUT2D eigenvalue weighted by Gasteiger charge is -2.13. The van der Waals surface area contributed by atoms with Crippen LogP contribution in [0.3, 0.4) is 0 Å². The first-order valence-electron chi connectivity index (χ1n) is 6.87. The third-order valence-electron chi connectivity index (χ3n) is 3.04. The summed E-state index contributed by atoms with van der Waals surface area (Å²) in [6, 6.07) is 11.4. The Morgan fingerprint density at radius 2 is 1.78 bits per heavy atom. The molecule has 2 rings (SSSR count). The Kier molecular flexibility index (Phi) is 4.90. The van der Waals surface area contributed by atoms with E-state index in [9.17, 15) is 13.2 Å². The van der Waals surface area contributed by atoms with E-state index in [1.54, 1.807) is 49.4 Å². The fraction of sp³-hybridized carbons (Fsp3) is 0.188. The van der Waals surface area contributed by atoms with E-state index < -0.39 is 10.0 Å². The van der Waals surface area contributed by atoms with E-state index in [1.165, 1.54) is 14.0 Å². The van der Waals surface area contributed by atoms with E-state index in [0.717, 1.165) is 5.56 Å². The molecule has 0 aliphatic carbocycles. The van der Waals surface area contributed by atoms with Crippen molar-refractivity contribution in [1.82, 2.24) is 0 Å². The molecule has 23 heavy (non-hydrogen) atoms. The number of hydrogen-bond donors (Lipinski definition) is 2. The summed E-state index contributed by atoms with van der Waals surface area (Å²) in [6.07, 6.45) is 0. The maximum Gasteiger partial charge on any atom is 0.265 e. The molecule has 0 heterocycles. The van der Waals surface area contributed by atoms with Gasteiger partial charge in [0.1, 0.15) is 10.6 Å². The number of hydrogen-bond acceptors (Lipinski definition) is 4. The van der Waals surface area contributed by atoms with Crippen LogP contribution >= 0.6 is 0 Å². The largest absolute Gasteiger partial charge is 0.495 e. The lowest BCUT2D eigenvalue weighted by Crippen LogP contribution is -2.14. The average molecular weight is 334 g/mol. The summed E-state index contributed by atoms with van der Waals surface area (Å²) >= 11 is 0. The Hall–Kier alpha value is -2.54. The number of ether oxygens (including phenoxy) is 1. The zero-order chi connectivity index (χ0) is 17.0. The van der Waals surface area contributed by atoms with E-state index >= 15 is 0 Å². The minimum atomic E-state index is -3.81. The number of carbonyl (C=O) groups is 1. The molecule has 0 bridgehead atoms. The molecule has 0 aliphatic heterocycles. The second-order valence-electron chi connectivity index (χ2n) is 5.02. The topological polar surface area (TPSA) is 84.5 Å². The van der Waals surface area contributed by atoms with Gasteiger partial charge in [0.15, 0.2) is 0 Å². The van der Waals surface area contributed by atoms with Crippen molar-refractivity contribution < 1.29 is 17.9 Å². The maximum atomic E-state index is 12.6. The van der Waals surface area contributed by atoms with Crippen molar-refractivity contribution in [2.75, 3.05) is 17.1 Å². The molecule has 0 saturated heterocycles. The minimum absolute atomic E-state index is 0.0601. The highest BCUT2D eigenvalue weighted by molar-refractivity contribution is 7.92. The number of benzene rings is 2. The van der Waals surface area contributed by atoms with Crippen LogP contribution in [-0.2, 0) is 14.8 Å². The van der Waals surface area contributed by atoms with Crippen LogP contribution in [0.1, 0.15) is 12.5 Å². The van der Waals surface area contributed by atoms with Gasteiger partial charge in [0, 0.05) is 12.6 Å². The Morgan fingerprint density at radius 1 is 1.09 bits per heavy atom. The van der Waals surface area contributed by atoms with Gasteiger partial charge in [-0.05, 0) is 42.8 Å². The molecule has 0 aromatic heterocycles. The predicted molar refractivity (Wildman–Crippen MR) is 89.3 cm³/mol. The zero-order valence-electron chi connectivity index (χ0n) is 13.1. The number of amides is 1. The van der Waals surface area contributed by atoms with Crippen LogP contribution in [0, 0.1) is 6.92 Å². The zero-order valence-corrected chi connectivity index (χ0v) is 13.9. The first-order chi connectivity index (χ1) is 10.8. The average Bonchev–Trinajstić information content (AvgIpc) is 2.46. The van der Waals surface area contributed by atoms with E-state index in [1.807, 2.05) is 0 Å². The van der Waals surface area contributed by atoms with Crippen LogP contribution in [0.25, 0.3) is 0 Å². The molecule has 2 aromatic rings. The molecule has 0 radical (unpaired) electrons. The van der Waals surface area contributed by atoms with Crippen LogP contribution in [0.15, 0.2) is 47.4 Å². The molecule has 0 spiro atoms. The lowest BCUT2D eigenvalue weighted by molar-refractivity contribution is -0.114. The summed E-state index contributed by atoms with van der Waals surface area (Å²) in [5.41, 5.74) is 1.66. The summed E-state index contributed by atoms with van der Waals surface area (Å²) < 4.78 is 32.8. The van der Waals surface area contributed by atoms with E-state index in [2.05, 4.69) is 10.0 Å². The van der Waals surface area contributed by atoms with Crippen LogP contribution in [0.2, 0.25) is 0 Å². The van der Waals surface area contributed by atoms with E-state index in [-0.39, 0.29) is 16.6 Å². The standard InChI is InChI=1S/C16H18N2O4S/c1-11-7-8-15(22-3)16(9-11)23(20,21)18-14-6-4-5-13(10-14)17-12(2)19/h4-10,18H,1-3H3,(H,17,19).